The van der Waals surface area contributed by atoms with Crippen LogP contribution < -0.4 is 10.5 Å². The van der Waals surface area contributed by atoms with Gasteiger partial charge < -0.3 is 14.8 Å². The summed E-state index contributed by atoms with van der Waals surface area (Å²) in [7, 11) is 1.64. The predicted molar refractivity (Wildman–Crippen MR) is 90.4 cm³/mol. The second-order valence-corrected chi connectivity index (χ2v) is 6.12. The van der Waals surface area contributed by atoms with Crippen molar-refractivity contribution < 1.29 is 14.0 Å². The van der Waals surface area contributed by atoms with Crippen LogP contribution >= 0.6 is 0 Å². The van der Waals surface area contributed by atoms with Gasteiger partial charge >= 0.3 is 0 Å². The standard InChI is InChI=1S/C18H18FN3O3/c1-21(11-14-3-2-4-16(23)20-14)18(25)12-9-17(24)22(10-12)15-7-5-13(19)6-8-15/h2-8,12H,9-11H2,1H3,(H,20,23). The number of aromatic amines is 1. The third-order valence-corrected chi connectivity index (χ3v) is 4.23. The summed E-state index contributed by atoms with van der Waals surface area (Å²) < 4.78 is 13.0. The van der Waals surface area contributed by atoms with Crippen LogP contribution in [0.3, 0.4) is 0 Å². The van der Waals surface area contributed by atoms with Crippen molar-refractivity contribution in [1.29, 1.82) is 0 Å². The van der Waals surface area contributed by atoms with Crippen LogP contribution in [0.2, 0.25) is 0 Å². The van der Waals surface area contributed by atoms with Crippen molar-refractivity contribution in [3.63, 3.8) is 0 Å². The van der Waals surface area contributed by atoms with E-state index in [0.717, 1.165) is 0 Å². The number of rotatable bonds is 4. The maximum absolute atomic E-state index is 13.0. The molecule has 1 atom stereocenters. The number of aromatic nitrogens is 1. The van der Waals surface area contributed by atoms with Gasteiger partial charge in [0.2, 0.25) is 17.4 Å². The molecule has 0 saturated carbocycles. The zero-order chi connectivity index (χ0) is 18.0. The molecule has 1 aromatic carbocycles. The number of anilines is 1. The van der Waals surface area contributed by atoms with Gasteiger partial charge in [0.25, 0.3) is 0 Å². The molecule has 1 aliphatic heterocycles. The topological polar surface area (TPSA) is 73.5 Å². The van der Waals surface area contributed by atoms with E-state index in [1.165, 1.54) is 40.1 Å². The first kappa shape index (κ1) is 16.9. The second kappa shape index (κ2) is 6.88. The Morgan fingerprint density at radius 2 is 1.96 bits per heavy atom. The zero-order valence-electron chi connectivity index (χ0n) is 13.7. The normalized spacial score (nSPS) is 17.0. The summed E-state index contributed by atoms with van der Waals surface area (Å²) >= 11 is 0. The first-order chi connectivity index (χ1) is 11.9. The van der Waals surface area contributed by atoms with Crippen LogP contribution in [0, 0.1) is 11.7 Å². The highest BCUT2D eigenvalue weighted by molar-refractivity contribution is 6.00. The molecule has 6 nitrogen and oxygen atoms in total. The molecule has 2 aromatic rings. The van der Waals surface area contributed by atoms with E-state index >= 15 is 0 Å². The van der Waals surface area contributed by atoms with Crippen LogP contribution in [0.1, 0.15) is 12.1 Å². The van der Waals surface area contributed by atoms with Crippen molar-refractivity contribution in [2.24, 2.45) is 5.92 Å². The van der Waals surface area contributed by atoms with Gasteiger partial charge in [-0.15, -0.1) is 0 Å². The SMILES string of the molecule is CN(Cc1cccc(=O)[nH]1)C(=O)C1CC(=O)N(c2ccc(F)cc2)C1. The molecular weight excluding hydrogens is 325 g/mol. The monoisotopic (exact) mass is 343 g/mol. The van der Waals surface area contributed by atoms with Crippen molar-refractivity contribution >= 4 is 17.5 Å². The van der Waals surface area contributed by atoms with E-state index in [2.05, 4.69) is 4.98 Å². The molecule has 1 unspecified atom stereocenters. The molecule has 130 valence electrons. The highest BCUT2D eigenvalue weighted by Crippen LogP contribution is 2.26. The number of carbonyl (C=O) groups excluding carboxylic acids is 2. The lowest BCUT2D eigenvalue weighted by molar-refractivity contribution is -0.135. The molecule has 0 bridgehead atoms. The minimum atomic E-state index is -0.460. The van der Waals surface area contributed by atoms with E-state index in [0.29, 0.717) is 11.4 Å². The smallest absolute Gasteiger partial charge is 0.248 e. The lowest BCUT2D eigenvalue weighted by Crippen LogP contribution is -2.34. The highest BCUT2D eigenvalue weighted by atomic mass is 19.1. The highest BCUT2D eigenvalue weighted by Gasteiger charge is 2.36. The number of amides is 2. The maximum atomic E-state index is 13.0. The molecule has 3 rings (SSSR count). The van der Waals surface area contributed by atoms with E-state index in [1.807, 2.05) is 0 Å². The number of hydrogen-bond acceptors (Lipinski definition) is 3. The molecule has 1 aliphatic rings. The molecule has 0 radical (unpaired) electrons. The Hall–Kier alpha value is -2.96. The fraction of sp³-hybridized carbons (Fsp3) is 0.278. The number of carbonyl (C=O) groups is 2. The zero-order valence-corrected chi connectivity index (χ0v) is 13.7. The molecule has 1 aromatic heterocycles. The van der Waals surface area contributed by atoms with Crippen molar-refractivity contribution in [3.8, 4) is 0 Å². The summed E-state index contributed by atoms with van der Waals surface area (Å²) in [5.41, 5.74) is 0.983. The van der Waals surface area contributed by atoms with Crippen LogP contribution in [-0.2, 0) is 16.1 Å². The molecular formula is C18H18FN3O3. The lowest BCUT2D eigenvalue weighted by Gasteiger charge is -2.21. The van der Waals surface area contributed by atoms with E-state index in [4.69, 9.17) is 0 Å². The van der Waals surface area contributed by atoms with Gasteiger partial charge in [-0.1, -0.05) is 6.07 Å². The molecule has 7 heteroatoms. The molecule has 2 heterocycles. The van der Waals surface area contributed by atoms with Crippen molar-refractivity contribution in [3.05, 3.63) is 64.3 Å². The maximum Gasteiger partial charge on any atom is 0.248 e. The number of hydrogen-bond donors (Lipinski definition) is 1. The lowest BCUT2D eigenvalue weighted by atomic mass is 10.1. The van der Waals surface area contributed by atoms with Crippen LogP contribution in [0.4, 0.5) is 10.1 Å². The quantitative estimate of drug-likeness (QED) is 0.915. The van der Waals surface area contributed by atoms with E-state index in [-0.39, 0.29) is 42.7 Å². The van der Waals surface area contributed by atoms with Gasteiger partial charge in [0.1, 0.15) is 5.82 Å². The number of nitrogens with one attached hydrogen (secondary N) is 1. The number of H-pyrrole nitrogens is 1. The molecule has 1 saturated heterocycles. The summed E-state index contributed by atoms with van der Waals surface area (Å²) in [6.07, 6.45) is 0.117. The van der Waals surface area contributed by atoms with Gasteiger partial charge in [-0.2, -0.15) is 0 Å². The van der Waals surface area contributed by atoms with Gasteiger partial charge in [0, 0.05) is 37.5 Å². The van der Waals surface area contributed by atoms with Crippen molar-refractivity contribution in [2.75, 3.05) is 18.5 Å². The van der Waals surface area contributed by atoms with E-state index in [9.17, 15) is 18.8 Å². The van der Waals surface area contributed by atoms with Crippen LogP contribution in [0.5, 0.6) is 0 Å². The van der Waals surface area contributed by atoms with E-state index < -0.39 is 5.92 Å². The Labute approximate surface area is 143 Å². The Bertz CT molecular complexity index is 847. The van der Waals surface area contributed by atoms with Crippen molar-refractivity contribution in [1.82, 2.24) is 9.88 Å². The first-order valence-electron chi connectivity index (χ1n) is 7.93. The third-order valence-electron chi connectivity index (χ3n) is 4.23. The van der Waals surface area contributed by atoms with Gasteiger partial charge in [-0.05, 0) is 30.3 Å². The minimum absolute atomic E-state index is 0.117. The largest absolute Gasteiger partial charge is 0.340 e. The Balaban J connectivity index is 1.67. The van der Waals surface area contributed by atoms with Crippen molar-refractivity contribution in [2.45, 2.75) is 13.0 Å². The Kier molecular flexibility index (Phi) is 4.65. The van der Waals surface area contributed by atoms with Crippen LogP contribution in [0.25, 0.3) is 0 Å². The summed E-state index contributed by atoms with van der Waals surface area (Å²) in [6, 6.07) is 10.4. The molecule has 0 spiro atoms. The van der Waals surface area contributed by atoms with Gasteiger partial charge in [0.05, 0.1) is 12.5 Å². The average molecular weight is 343 g/mol. The minimum Gasteiger partial charge on any atom is -0.340 e. The Morgan fingerprint density at radius 3 is 2.64 bits per heavy atom. The number of benzene rings is 1. The fourth-order valence-electron chi connectivity index (χ4n) is 2.97. The van der Waals surface area contributed by atoms with Gasteiger partial charge in [-0.25, -0.2) is 4.39 Å². The molecule has 25 heavy (non-hydrogen) atoms. The fourth-order valence-corrected chi connectivity index (χ4v) is 2.97. The molecule has 1 N–H and O–H groups in total. The third kappa shape index (κ3) is 3.76. The van der Waals surface area contributed by atoms with Crippen LogP contribution in [-0.4, -0.2) is 35.3 Å². The molecule has 1 fully saturated rings. The van der Waals surface area contributed by atoms with Gasteiger partial charge in [0.15, 0.2) is 0 Å². The van der Waals surface area contributed by atoms with Gasteiger partial charge in [-0.3, -0.25) is 14.4 Å². The average Bonchev–Trinajstić information content (AvgIpc) is 2.96. The van der Waals surface area contributed by atoms with E-state index in [1.54, 1.807) is 19.2 Å². The van der Waals surface area contributed by atoms with Crippen LogP contribution in [0.15, 0.2) is 47.3 Å². The second-order valence-electron chi connectivity index (χ2n) is 6.12. The Morgan fingerprint density at radius 1 is 1.24 bits per heavy atom. The number of halogens is 1. The number of pyridine rings is 1. The first-order valence-corrected chi connectivity index (χ1v) is 7.93. The summed E-state index contributed by atoms with van der Waals surface area (Å²) in [4.78, 5) is 41.8. The molecule has 0 aliphatic carbocycles. The number of nitrogens with zero attached hydrogens (tertiary/aromatic N) is 2. The predicted octanol–water partition coefficient (Wildman–Crippen LogP) is 1.53. The summed E-state index contributed by atoms with van der Waals surface area (Å²) in [5, 5.41) is 0. The molecule has 2 amide bonds. The summed E-state index contributed by atoms with van der Waals surface area (Å²) in [6.45, 7) is 0.523. The summed E-state index contributed by atoms with van der Waals surface area (Å²) in [5.74, 6) is -1.16.